The molecule has 0 N–H and O–H groups in total. The Labute approximate surface area is 295 Å². The first-order valence-corrected chi connectivity index (χ1v) is 18.5. The van der Waals surface area contributed by atoms with E-state index in [1.54, 1.807) is 0 Å². The van der Waals surface area contributed by atoms with Crippen LogP contribution in [0.5, 0.6) is 0 Å². The van der Waals surface area contributed by atoms with Crippen molar-refractivity contribution in [3.8, 4) is 11.1 Å². The highest BCUT2D eigenvalue weighted by Gasteiger charge is 2.19. The maximum absolute atomic E-state index is 6.59. The summed E-state index contributed by atoms with van der Waals surface area (Å²) in [6.45, 7) is 0. The van der Waals surface area contributed by atoms with Gasteiger partial charge in [0.25, 0.3) is 0 Å². The third-order valence-corrected chi connectivity index (χ3v) is 12.3. The minimum Gasteiger partial charge on any atom is -0.455 e. The number of furan rings is 1. The van der Waals surface area contributed by atoms with Gasteiger partial charge in [0.15, 0.2) is 0 Å². The molecule has 11 aromatic rings. The van der Waals surface area contributed by atoms with E-state index in [4.69, 9.17) is 4.42 Å². The molecule has 0 aliphatic heterocycles. The van der Waals surface area contributed by atoms with Crippen molar-refractivity contribution in [2.24, 2.45) is 0 Å². The van der Waals surface area contributed by atoms with E-state index >= 15 is 0 Å². The van der Waals surface area contributed by atoms with Crippen LogP contribution in [0.1, 0.15) is 0 Å². The van der Waals surface area contributed by atoms with Crippen molar-refractivity contribution in [3.63, 3.8) is 0 Å². The molecule has 0 bridgehead atoms. The molecule has 3 heterocycles. The average molecular weight is 674 g/mol. The molecule has 50 heavy (non-hydrogen) atoms. The fourth-order valence-electron chi connectivity index (χ4n) is 7.73. The summed E-state index contributed by atoms with van der Waals surface area (Å²) in [4.78, 5) is 2.40. The van der Waals surface area contributed by atoms with Crippen LogP contribution in [0.3, 0.4) is 0 Å². The molecule has 0 radical (unpaired) electrons. The summed E-state index contributed by atoms with van der Waals surface area (Å²) in [5, 5.41) is 9.92. The molecular formula is C46H27NOS2. The monoisotopic (exact) mass is 673 g/mol. The average Bonchev–Trinajstić information content (AvgIpc) is 3.86. The molecule has 2 nitrogen and oxygen atoms in total. The summed E-state index contributed by atoms with van der Waals surface area (Å²) in [5.74, 6) is 0. The second-order valence-corrected chi connectivity index (χ2v) is 15.1. The summed E-state index contributed by atoms with van der Waals surface area (Å²) < 4.78 is 11.8. The zero-order chi connectivity index (χ0) is 32.8. The van der Waals surface area contributed by atoms with Crippen LogP contribution in [0.25, 0.3) is 84.2 Å². The predicted octanol–water partition coefficient (Wildman–Crippen LogP) is 14.6. The lowest BCUT2D eigenvalue weighted by Crippen LogP contribution is -2.09. The van der Waals surface area contributed by atoms with Gasteiger partial charge in [0.05, 0.1) is 0 Å². The van der Waals surface area contributed by atoms with Gasteiger partial charge in [-0.25, -0.2) is 0 Å². The van der Waals surface area contributed by atoms with Gasteiger partial charge in [0.2, 0.25) is 0 Å². The van der Waals surface area contributed by atoms with Gasteiger partial charge < -0.3 is 9.32 Å². The van der Waals surface area contributed by atoms with Gasteiger partial charge in [-0.15, -0.1) is 22.7 Å². The maximum Gasteiger partial charge on any atom is 0.143 e. The highest BCUT2D eigenvalue weighted by atomic mass is 32.1. The minimum absolute atomic E-state index is 0.913. The molecule has 3 aromatic heterocycles. The number of hydrogen-bond donors (Lipinski definition) is 0. The van der Waals surface area contributed by atoms with Gasteiger partial charge >= 0.3 is 0 Å². The Morgan fingerprint density at radius 2 is 0.920 bits per heavy atom. The van der Waals surface area contributed by atoms with Crippen molar-refractivity contribution in [2.75, 3.05) is 4.90 Å². The molecule has 0 aliphatic rings. The van der Waals surface area contributed by atoms with Crippen molar-refractivity contribution in [1.82, 2.24) is 0 Å². The second-order valence-electron chi connectivity index (χ2n) is 12.9. The SMILES string of the molecule is c1ccc2c(c1)cc(-c1ccc(N(c3ccc4sc5ccccc5c4c3)c3ccc4sc5ccccc5c4c3)cc1)c1oc3ccccc3c12. The van der Waals surface area contributed by atoms with E-state index in [0.29, 0.717) is 0 Å². The smallest absolute Gasteiger partial charge is 0.143 e. The number of para-hydroxylation sites is 1. The Morgan fingerprint density at radius 1 is 0.400 bits per heavy atom. The number of hydrogen-bond acceptors (Lipinski definition) is 4. The summed E-state index contributed by atoms with van der Waals surface area (Å²) in [6.07, 6.45) is 0. The van der Waals surface area contributed by atoms with Crippen molar-refractivity contribution < 1.29 is 4.42 Å². The topological polar surface area (TPSA) is 16.4 Å². The van der Waals surface area contributed by atoms with Gasteiger partial charge in [0, 0.05) is 73.7 Å². The molecule has 234 valence electrons. The zero-order valence-corrected chi connectivity index (χ0v) is 28.4. The van der Waals surface area contributed by atoms with Crippen molar-refractivity contribution in [2.45, 2.75) is 0 Å². The zero-order valence-electron chi connectivity index (χ0n) is 26.8. The van der Waals surface area contributed by atoms with E-state index in [9.17, 15) is 0 Å². The van der Waals surface area contributed by atoms with Gasteiger partial charge in [-0.05, 0) is 89.1 Å². The molecule has 4 heteroatoms. The van der Waals surface area contributed by atoms with E-state index in [1.165, 1.54) is 56.5 Å². The number of fused-ring (bicyclic) bond motifs is 11. The van der Waals surface area contributed by atoms with Crippen LogP contribution in [0.4, 0.5) is 17.1 Å². The second kappa shape index (κ2) is 10.8. The number of rotatable bonds is 4. The molecule has 0 unspecified atom stereocenters. The van der Waals surface area contributed by atoms with Gasteiger partial charge in [0.1, 0.15) is 11.2 Å². The fraction of sp³-hybridized carbons (Fsp3) is 0. The van der Waals surface area contributed by atoms with Gasteiger partial charge in [-0.1, -0.05) is 91.0 Å². The van der Waals surface area contributed by atoms with Crippen molar-refractivity contribution >= 4 is 113 Å². The van der Waals surface area contributed by atoms with Crippen LogP contribution < -0.4 is 4.90 Å². The molecule has 0 saturated heterocycles. The first kappa shape index (κ1) is 28.0. The fourth-order valence-corrected chi connectivity index (χ4v) is 9.90. The molecule has 0 amide bonds. The molecule has 0 aliphatic carbocycles. The van der Waals surface area contributed by atoms with Gasteiger partial charge in [-0.2, -0.15) is 0 Å². The van der Waals surface area contributed by atoms with Crippen molar-refractivity contribution in [3.05, 3.63) is 164 Å². The summed E-state index contributed by atoms with van der Waals surface area (Å²) in [6, 6.07) is 59.5. The number of anilines is 3. The van der Waals surface area contributed by atoms with E-state index in [-0.39, 0.29) is 0 Å². The standard InChI is InChI=1S/C46H27NOS2/c1-2-10-33-29(9-1)25-37(46-45(33)36-13-3-6-14-40(36)48-46)28-17-19-30(20-18-28)47(31-21-23-43-38(26-31)34-11-4-7-15-41(34)49-43)32-22-24-44-39(27-32)35-12-5-8-16-42(35)50-44/h1-27H. The van der Waals surface area contributed by atoms with Crippen molar-refractivity contribution in [1.29, 1.82) is 0 Å². The van der Waals surface area contributed by atoms with E-state index in [1.807, 2.05) is 28.7 Å². The third kappa shape index (κ3) is 4.19. The van der Waals surface area contributed by atoms with E-state index < -0.39 is 0 Å². The number of nitrogens with zero attached hydrogens (tertiary/aromatic N) is 1. The highest BCUT2D eigenvalue weighted by Crippen LogP contribution is 2.45. The molecular weight excluding hydrogens is 647 g/mol. The van der Waals surface area contributed by atoms with Crippen LogP contribution >= 0.6 is 22.7 Å². The van der Waals surface area contributed by atoms with Crippen LogP contribution in [0, 0.1) is 0 Å². The third-order valence-electron chi connectivity index (χ3n) is 10.0. The highest BCUT2D eigenvalue weighted by molar-refractivity contribution is 7.26. The Balaban J connectivity index is 1.11. The van der Waals surface area contributed by atoms with E-state index in [0.717, 1.165) is 44.7 Å². The minimum atomic E-state index is 0.913. The first-order chi connectivity index (χ1) is 24.8. The maximum atomic E-state index is 6.59. The molecule has 0 atom stereocenters. The van der Waals surface area contributed by atoms with Crippen LogP contribution in [0.2, 0.25) is 0 Å². The van der Waals surface area contributed by atoms with Crippen LogP contribution in [-0.4, -0.2) is 0 Å². The van der Waals surface area contributed by atoms with Crippen LogP contribution in [0.15, 0.2) is 168 Å². The normalized spacial score (nSPS) is 12.0. The molecule has 0 fully saturated rings. The lowest BCUT2D eigenvalue weighted by molar-refractivity contribution is 0.670. The lowest BCUT2D eigenvalue weighted by Gasteiger charge is -2.26. The Kier molecular flexibility index (Phi) is 6.03. The Hall–Kier alpha value is -5.94. The predicted molar refractivity (Wildman–Crippen MR) is 217 cm³/mol. The summed E-state index contributed by atoms with van der Waals surface area (Å²) in [5.41, 5.74) is 7.45. The molecule has 8 aromatic carbocycles. The lowest BCUT2D eigenvalue weighted by atomic mass is 9.96. The molecule has 11 rings (SSSR count). The van der Waals surface area contributed by atoms with Gasteiger partial charge in [-0.3, -0.25) is 0 Å². The largest absolute Gasteiger partial charge is 0.455 e. The quantitative estimate of drug-likeness (QED) is 0.185. The molecule has 0 saturated carbocycles. The Morgan fingerprint density at radius 3 is 1.58 bits per heavy atom. The number of thiophene rings is 2. The van der Waals surface area contributed by atoms with Crippen LogP contribution in [-0.2, 0) is 0 Å². The summed E-state index contributed by atoms with van der Waals surface area (Å²) >= 11 is 3.71. The van der Waals surface area contributed by atoms with E-state index in [2.05, 4.69) is 163 Å². The molecule has 0 spiro atoms. The Bertz CT molecular complexity index is 2990. The summed E-state index contributed by atoms with van der Waals surface area (Å²) in [7, 11) is 0. The number of benzene rings is 8. The first-order valence-electron chi connectivity index (χ1n) is 16.8.